The van der Waals surface area contributed by atoms with E-state index in [0.29, 0.717) is 25.3 Å². The lowest BCUT2D eigenvalue weighted by Gasteiger charge is -2.40. The number of morpholine rings is 1. The number of nitrogens with zero attached hydrogens (tertiary/aromatic N) is 3. The van der Waals surface area contributed by atoms with Crippen molar-refractivity contribution in [3.63, 3.8) is 0 Å². The van der Waals surface area contributed by atoms with Gasteiger partial charge in [-0.15, -0.1) is 11.3 Å². The Morgan fingerprint density at radius 1 is 1.14 bits per heavy atom. The van der Waals surface area contributed by atoms with Crippen LogP contribution in [0.25, 0.3) is 10.1 Å². The first-order chi connectivity index (χ1) is 13.7. The monoisotopic (exact) mass is 393 g/mol. The average Bonchev–Trinajstić information content (AvgIpc) is 3.31. The van der Waals surface area contributed by atoms with E-state index in [1.807, 2.05) is 16.2 Å². The van der Waals surface area contributed by atoms with Crippen molar-refractivity contribution >= 4 is 27.3 Å². The summed E-state index contributed by atoms with van der Waals surface area (Å²) in [6.07, 6.45) is 4.32. The van der Waals surface area contributed by atoms with Crippen LogP contribution in [-0.2, 0) is 11.3 Å². The highest BCUT2D eigenvalue weighted by atomic mass is 32.1. The number of aromatic nitrogens is 1. The summed E-state index contributed by atoms with van der Waals surface area (Å²) in [6, 6.07) is 14.4. The molecule has 4 heterocycles. The van der Waals surface area contributed by atoms with Crippen molar-refractivity contribution in [3.8, 4) is 0 Å². The smallest absolute Gasteiger partial charge is 0.254 e. The van der Waals surface area contributed by atoms with Crippen molar-refractivity contribution in [2.45, 2.75) is 18.6 Å². The highest BCUT2D eigenvalue weighted by Crippen LogP contribution is 2.33. The molecule has 5 nitrogen and oxygen atoms in total. The Kier molecular flexibility index (Phi) is 4.62. The first-order valence-electron chi connectivity index (χ1n) is 9.74. The van der Waals surface area contributed by atoms with Gasteiger partial charge in [-0.1, -0.05) is 18.2 Å². The normalized spacial score (nSPS) is 22.9. The third-order valence-electron chi connectivity index (χ3n) is 5.71. The standard InChI is InChI=1S/C22H23N3O2S/c26-21(17-5-8-23-9-6-17)25-11-12-27-22(16-25)7-10-24(15-22)14-19-13-18-3-1-2-4-20(18)28-19/h1-6,8-9,13H,7,10-12,14-16H2. The van der Waals surface area contributed by atoms with Crippen LogP contribution in [0.3, 0.4) is 0 Å². The first kappa shape index (κ1) is 17.8. The zero-order chi connectivity index (χ0) is 19.0. The van der Waals surface area contributed by atoms with Gasteiger partial charge in [0.2, 0.25) is 0 Å². The van der Waals surface area contributed by atoms with E-state index in [2.05, 4.69) is 40.2 Å². The number of thiophene rings is 1. The Bertz CT molecular complexity index is 957. The molecule has 2 aliphatic heterocycles. The number of rotatable bonds is 3. The second kappa shape index (κ2) is 7.28. The largest absolute Gasteiger partial charge is 0.370 e. The summed E-state index contributed by atoms with van der Waals surface area (Å²) in [7, 11) is 0. The van der Waals surface area contributed by atoms with Crippen LogP contribution >= 0.6 is 11.3 Å². The number of amides is 1. The van der Waals surface area contributed by atoms with Crippen LogP contribution in [0.5, 0.6) is 0 Å². The predicted molar refractivity (Wildman–Crippen MR) is 111 cm³/mol. The summed E-state index contributed by atoms with van der Waals surface area (Å²) in [5, 5.41) is 1.32. The summed E-state index contributed by atoms with van der Waals surface area (Å²) in [6.45, 7) is 4.75. The summed E-state index contributed by atoms with van der Waals surface area (Å²) < 4.78 is 7.57. The Hall–Kier alpha value is -2.28. The molecule has 2 aliphatic rings. The third-order valence-corrected chi connectivity index (χ3v) is 6.82. The maximum atomic E-state index is 12.8. The second-order valence-electron chi connectivity index (χ2n) is 7.71. The van der Waals surface area contributed by atoms with Crippen molar-refractivity contribution in [2.24, 2.45) is 0 Å². The highest BCUT2D eigenvalue weighted by Gasteiger charge is 2.43. The number of hydrogen-bond acceptors (Lipinski definition) is 5. The van der Waals surface area contributed by atoms with Crippen LogP contribution in [0, 0.1) is 0 Å². The zero-order valence-electron chi connectivity index (χ0n) is 15.7. The first-order valence-corrected chi connectivity index (χ1v) is 10.6. The van der Waals surface area contributed by atoms with E-state index in [4.69, 9.17) is 4.74 Å². The van der Waals surface area contributed by atoms with Gasteiger partial charge in [-0.2, -0.15) is 0 Å². The van der Waals surface area contributed by atoms with E-state index < -0.39 is 0 Å². The Morgan fingerprint density at radius 3 is 2.86 bits per heavy atom. The molecule has 5 rings (SSSR count). The number of carbonyl (C=O) groups excluding carboxylic acids is 1. The van der Waals surface area contributed by atoms with Crippen molar-refractivity contribution in [1.82, 2.24) is 14.8 Å². The molecule has 0 N–H and O–H groups in total. The number of carbonyl (C=O) groups is 1. The van der Waals surface area contributed by atoms with Crippen molar-refractivity contribution in [2.75, 3.05) is 32.8 Å². The minimum Gasteiger partial charge on any atom is -0.370 e. The molecule has 2 aromatic heterocycles. The Balaban J connectivity index is 1.26. The van der Waals surface area contributed by atoms with Crippen molar-refractivity contribution in [3.05, 3.63) is 65.3 Å². The lowest BCUT2D eigenvalue weighted by molar-refractivity contribution is -0.0919. The van der Waals surface area contributed by atoms with Crippen LogP contribution in [0.2, 0.25) is 0 Å². The van der Waals surface area contributed by atoms with E-state index >= 15 is 0 Å². The molecule has 144 valence electrons. The molecular weight excluding hydrogens is 370 g/mol. The zero-order valence-corrected chi connectivity index (χ0v) is 16.5. The minimum atomic E-state index is -0.238. The summed E-state index contributed by atoms with van der Waals surface area (Å²) in [5.41, 5.74) is 0.463. The number of likely N-dealkylation sites (tertiary alicyclic amines) is 1. The fourth-order valence-corrected chi connectivity index (χ4v) is 5.45. The predicted octanol–water partition coefficient (Wildman–Crippen LogP) is 3.41. The van der Waals surface area contributed by atoms with E-state index in [0.717, 1.165) is 26.1 Å². The molecule has 0 radical (unpaired) electrons. The number of pyridine rings is 1. The molecule has 3 aromatic rings. The number of ether oxygens (including phenoxy) is 1. The fourth-order valence-electron chi connectivity index (χ4n) is 4.34. The van der Waals surface area contributed by atoms with Crippen molar-refractivity contribution in [1.29, 1.82) is 0 Å². The Labute approximate surface area is 168 Å². The molecule has 1 amide bonds. The molecule has 0 bridgehead atoms. The van der Waals surface area contributed by atoms with E-state index in [9.17, 15) is 4.79 Å². The molecular formula is C22H23N3O2S. The second-order valence-corrected chi connectivity index (χ2v) is 8.87. The number of hydrogen-bond donors (Lipinski definition) is 0. The lowest BCUT2D eigenvalue weighted by atomic mass is 10.00. The third kappa shape index (κ3) is 3.43. The quantitative estimate of drug-likeness (QED) is 0.684. The van der Waals surface area contributed by atoms with Gasteiger partial charge in [0, 0.05) is 53.7 Å². The molecule has 1 unspecified atom stereocenters. The van der Waals surface area contributed by atoms with Crippen LogP contribution in [0.1, 0.15) is 21.7 Å². The maximum absolute atomic E-state index is 12.8. The van der Waals surface area contributed by atoms with Gasteiger partial charge >= 0.3 is 0 Å². The molecule has 1 spiro atoms. The van der Waals surface area contributed by atoms with Crippen LogP contribution in [0.15, 0.2) is 54.9 Å². The number of fused-ring (bicyclic) bond motifs is 1. The molecule has 6 heteroatoms. The van der Waals surface area contributed by atoms with Gasteiger partial charge in [0.05, 0.1) is 18.8 Å². The van der Waals surface area contributed by atoms with Gasteiger partial charge in [0.1, 0.15) is 0 Å². The van der Waals surface area contributed by atoms with Crippen LogP contribution in [-0.4, -0.2) is 59.1 Å². The van der Waals surface area contributed by atoms with E-state index in [-0.39, 0.29) is 11.5 Å². The lowest BCUT2D eigenvalue weighted by Crippen LogP contribution is -2.54. The summed E-state index contributed by atoms with van der Waals surface area (Å²) in [5.74, 6) is 0.0769. The number of benzene rings is 1. The van der Waals surface area contributed by atoms with Gasteiger partial charge in [-0.25, -0.2) is 0 Å². The summed E-state index contributed by atoms with van der Waals surface area (Å²) >= 11 is 1.87. The van der Waals surface area contributed by atoms with Gasteiger partial charge in [0.25, 0.3) is 5.91 Å². The molecule has 1 aromatic carbocycles. The average molecular weight is 394 g/mol. The van der Waals surface area contributed by atoms with Gasteiger partial charge in [-0.05, 0) is 36.1 Å². The molecule has 1 atom stereocenters. The topological polar surface area (TPSA) is 45.7 Å². The van der Waals surface area contributed by atoms with E-state index in [1.165, 1.54) is 15.0 Å². The summed E-state index contributed by atoms with van der Waals surface area (Å²) in [4.78, 5) is 22.6. The van der Waals surface area contributed by atoms with Gasteiger partial charge < -0.3 is 9.64 Å². The van der Waals surface area contributed by atoms with Crippen molar-refractivity contribution < 1.29 is 9.53 Å². The van der Waals surface area contributed by atoms with E-state index in [1.54, 1.807) is 24.5 Å². The highest BCUT2D eigenvalue weighted by molar-refractivity contribution is 7.19. The molecule has 28 heavy (non-hydrogen) atoms. The van der Waals surface area contributed by atoms with Gasteiger partial charge in [-0.3, -0.25) is 14.7 Å². The van der Waals surface area contributed by atoms with Crippen LogP contribution in [0.4, 0.5) is 0 Å². The molecule has 0 aliphatic carbocycles. The maximum Gasteiger partial charge on any atom is 0.254 e. The fraction of sp³-hybridized carbons (Fsp3) is 0.364. The van der Waals surface area contributed by atoms with Gasteiger partial charge in [0.15, 0.2) is 0 Å². The Morgan fingerprint density at radius 2 is 2.00 bits per heavy atom. The molecule has 2 fully saturated rings. The SMILES string of the molecule is O=C(c1ccncc1)N1CCOC2(CCN(Cc3cc4ccccc4s3)C2)C1. The molecule has 2 saturated heterocycles. The minimum absolute atomic E-state index is 0.0769. The molecule has 0 saturated carbocycles. The van der Waals surface area contributed by atoms with Crippen LogP contribution < -0.4 is 0 Å².